The van der Waals surface area contributed by atoms with Crippen molar-refractivity contribution in [3.8, 4) is 0 Å². The molecule has 2 aliphatic heterocycles. The van der Waals surface area contributed by atoms with Crippen LogP contribution in [-0.4, -0.2) is 50.2 Å². The van der Waals surface area contributed by atoms with Crippen molar-refractivity contribution in [1.29, 1.82) is 0 Å². The zero-order valence-electron chi connectivity index (χ0n) is 11.8. The van der Waals surface area contributed by atoms with E-state index in [1.54, 1.807) is 6.34 Å². The third-order valence-electron chi connectivity index (χ3n) is 4.14. The van der Waals surface area contributed by atoms with Crippen molar-refractivity contribution in [2.45, 2.75) is 18.4 Å². The van der Waals surface area contributed by atoms with Crippen molar-refractivity contribution in [1.82, 2.24) is 10.2 Å². The maximum absolute atomic E-state index is 4.36. The number of rotatable bonds is 5. The van der Waals surface area contributed by atoms with E-state index in [0.717, 1.165) is 19.6 Å². The standard InChI is InChI=1S/C16H22N4/c1-2-6-15(7-3-1)16(12-17-14-18-13-16)19-8-11-20-9-4-5-10-20/h1-3,6-7,12,14,19H,4-5,8-11,13H2. The fourth-order valence-electron chi connectivity index (χ4n) is 2.98. The summed E-state index contributed by atoms with van der Waals surface area (Å²) in [6, 6.07) is 10.5. The van der Waals surface area contributed by atoms with Crippen LogP contribution in [0.3, 0.4) is 0 Å². The highest BCUT2D eigenvalue weighted by Crippen LogP contribution is 2.21. The van der Waals surface area contributed by atoms with Gasteiger partial charge >= 0.3 is 0 Å². The number of hydrogen-bond donors (Lipinski definition) is 1. The first-order chi connectivity index (χ1) is 9.89. The number of nitrogens with zero attached hydrogens (tertiary/aromatic N) is 3. The molecular weight excluding hydrogens is 248 g/mol. The van der Waals surface area contributed by atoms with E-state index in [1.807, 2.05) is 12.3 Å². The minimum atomic E-state index is -0.240. The van der Waals surface area contributed by atoms with Crippen LogP contribution in [0.1, 0.15) is 18.4 Å². The second-order valence-electron chi connectivity index (χ2n) is 5.55. The highest BCUT2D eigenvalue weighted by atomic mass is 15.2. The molecule has 1 saturated heterocycles. The molecule has 1 N–H and O–H groups in total. The van der Waals surface area contributed by atoms with Gasteiger partial charge in [0.2, 0.25) is 0 Å². The van der Waals surface area contributed by atoms with Gasteiger partial charge in [-0.25, -0.2) is 4.99 Å². The normalized spacial score (nSPS) is 26.2. The molecule has 20 heavy (non-hydrogen) atoms. The van der Waals surface area contributed by atoms with Gasteiger partial charge in [0.15, 0.2) is 0 Å². The van der Waals surface area contributed by atoms with Crippen molar-refractivity contribution in [3.63, 3.8) is 0 Å². The molecule has 2 heterocycles. The molecule has 1 fully saturated rings. The van der Waals surface area contributed by atoms with E-state index >= 15 is 0 Å². The molecule has 4 nitrogen and oxygen atoms in total. The van der Waals surface area contributed by atoms with E-state index in [0.29, 0.717) is 0 Å². The van der Waals surface area contributed by atoms with Crippen LogP contribution in [0.4, 0.5) is 0 Å². The Kier molecular flexibility index (Phi) is 4.23. The van der Waals surface area contributed by atoms with Crippen molar-refractivity contribution in [2.24, 2.45) is 9.98 Å². The lowest BCUT2D eigenvalue weighted by Gasteiger charge is -2.32. The molecule has 0 aliphatic carbocycles. The smallest absolute Gasteiger partial charge is 0.109 e. The van der Waals surface area contributed by atoms with Gasteiger partial charge in [0.05, 0.1) is 12.1 Å². The Hall–Kier alpha value is -1.52. The van der Waals surface area contributed by atoms with Crippen molar-refractivity contribution < 1.29 is 0 Å². The van der Waals surface area contributed by atoms with Gasteiger partial charge in [-0.2, -0.15) is 0 Å². The van der Waals surface area contributed by atoms with Gasteiger partial charge in [0.25, 0.3) is 0 Å². The molecule has 0 spiro atoms. The van der Waals surface area contributed by atoms with E-state index in [-0.39, 0.29) is 5.54 Å². The highest BCUT2D eigenvalue weighted by Gasteiger charge is 2.30. The van der Waals surface area contributed by atoms with Gasteiger partial charge in [-0.15, -0.1) is 0 Å². The van der Waals surface area contributed by atoms with Gasteiger partial charge in [0.1, 0.15) is 6.34 Å². The van der Waals surface area contributed by atoms with Crippen LogP contribution < -0.4 is 5.32 Å². The number of aliphatic imine (C=N–C) groups is 2. The van der Waals surface area contributed by atoms with Crippen LogP contribution in [0.2, 0.25) is 0 Å². The molecule has 1 aromatic carbocycles. The monoisotopic (exact) mass is 270 g/mol. The Morgan fingerprint density at radius 1 is 1.15 bits per heavy atom. The zero-order valence-corrected chi connectivity index (χ0v) is 11.8. The first kappa shape index (κ1) is 13.5. The zero-order chi connectivity index (χ0) is 13.7. The van der Waals surface area contributed by atoms with E-state index < -0.39 is 0 Å². The van der Waals surface area contributed by atoms with Crippen LogP contribution >= 0.6 is 0 Å². The second kappa shape index (κ2) is 6.29. The van der Waals surface area contributed by atoms with Gasteiger partial charge in [-0.1, -0.05) is 30.3 Å². The van der Waals surface area contributed by atoms with E-state index in [4.69, 9.17) is 0 Å². The predicted molar refractivity (Wildman–Crippen MR) is 83.6 cm³/mol. The molecule has 0 radical (unpaired) electrons. The van der Waals surface area contributed by atoms with Crippen LogP contribution in [0.5, 0.6) is 0 Å². The second-order valence-corrected chi connectivity index (χ2v) is 5.55. The summed E-state index contributed by atoms with van der Waals surface area (Å²) in [6.45, 7) is 5.28. The van der Waals surface area contributed by atoms with Crippen molar-refractivity contribution in [3.05, 3.63) is 35.9 Å². The summed E-state index contributed by atoms with van der Waals surface area (Å²) >= 11 is 0. The molecule has 2 aliphatic rings. The summed E-state index contributed by atoms with van der Waals surface area (Å²) in [6.07, 6.45) is 6.33. The first-order valence-electron chi connectivity index (χ1n) is 7.45. The average molecular weight is 270 g/mol. The van der Waals surface area contributed by atoms with Crippen LogP contribution in [-0.2, 0) is 5.54 Å². The number of likely N-dealkylation sites (tertiary alicyclic amines) is 1. The molecule has 0 amide bonds. The molecule has 0 bridgehead atoms. The molecular formula is C16H22N4. The molecule has 0 saturated carbocycles. The van der Waals surface area contributed by atoms with Gasteiger partial charge in [-0.3, -0.25) is 4.99 Å². The first-order valence-corrected chi connectivity index (χ1v) is 7.45. The maximum atomic E-state index is 4.36. The Morgan fingerprint density at radius 2 is 1.95 bits per heavy atom. The molecule has 3 rings (SSSR count). The lowest BCUT2D eigenvalue weighted by atomic mass is 9.90. The summed E-state index contributed by atoms with van der Waals surface area (Å²) in [5.74, 6) is 0. The summed E-state index contributed by atoms with van der Waals surface area (Å²) in [5.41, 5.74) is 0.998. The molecule has 4 heteroatoms. The Morgan fingerprint density at radius 3 is 2.65 bits per heavy atom. The molecule has 0 aromatic heterocycles. The van der Waals surface area contributed by atoms with E-state index in [9.17, 15) is 0 Å². The largest absolute Gasteiger partial charge is 0.302 e. The van der Waals surface area contributed by atoms with Crippen LogP contribution in [0.15, 0.2) is 40.3 Å². The molecule has 1 unspecified atom stereocenters. The quantitative estimate of drug-likeness (QED) is 0.884. The third-order valence-corrected chi connectivity index (χ3v) is 4.14. The predicted octanol–water partition coefficient (Wildman–Crippen LogP) is 1.68. The number of nitrogens with one attached hydrogen (secondary N) is 1. The summed E-state index contributed by atoms with van der Waals surface area (Å²) in [4.78, 5) is 11.1. The SMILES string of the molecule is C1=NC=NCC1(NCCN1CCCC1)c1ccccc1. The van der Waals surface area contributed by atoms with E-state index in [1.165, 1.54) is 31.5 Å². The van der Waals surface area contributed by atoms with Gasteiger partial charge < -0.3 is 10.2 Å². The van der Waals surface area contributed by atoms with Crippen molar-refractivity contribution >= 4 is 12.6 Å². The third kappa shape index (κ3) is 2.97. The lowest BCUT2D eigenvalue weighted by molar-refractivity contribution is 0.319. The van der Waals surface area contributed by atoms with Gasteiger partial charge in [0, 0.05) is 19.3 Å². The number of hydrogen-bond acceptors (Lipinski definition) is 4. The molecule has 106 valence electrons. The summed E-state index contributed by atoms with van der Waals surface area (Å²) in [5, 5.41) is 3.67. The van der Waals surface area contributed by atoms with E-state index in [2.05, 4.69) is 44.5 Å². The fourth-order valence-corrected chi connectivity index (χ4v) is 2.98. The van der Waals surface area contributed by atoms with Crippen LogP contribution in [0, 0.1) is 0 Å². The fraction of sp³-hybridized carbons (Fsp3) is 0.500. The Labute approximate surface area is 120 Å². The minimum Gasteiger partial charge on any atom is -0.302 e. The molecule has 1 aromatic rings. The average Bonchev–Trinajstić information content (AvgIpc) is 3.02. The molecule has 1 atom stereocenters. The summed E-state index contributed by atoms with van der Waals surface area (Å²) < 4.78 is 0. The topological polar surface area (TPSA) is 40.0 Å². The minimum absolute atomic E-state index is 0.240. The Balaban J connectivity index is 1.67. The van der Waals surface area contributed by atoms with Crippen LogP contribution in [0.25, 0.3) is 0 Å². The lowest BCUT2D eigenvalue weighted by Crippen LogP contribution is -2.50. The highest BCUT2D eigenvalue weighted by molar-refractivity contribution is 5.83. The number of benzene rings is 1. The maximum Gasteiger partial charge on any atom is 0.109 e. The van der Waals surface area contributed by atoms with Gasteiger partial charge in [-0.05, 0) is 31.5 Å². The Bertz CT molecular complexity index is 477. The summed E-state index contributed by atoms with van der Waals surface area (Å²) in [7, 11) is 0. The van der Waals surface area contributed by atoms with Crippen molar-refractivity contribution in [2.75, 3.05) is 32.7 Å².